The number of nitrogens with one attached hydrogen (secondary N) is 1. The topological polar surface area (TPSA) is 53.9 Å². The van der Waals surface area contributed by atoms with Crippen LogP contribution in [0.3, 0.4) is 0 Å². The zero-order valence-corrected chi connectivity index (χ0v) is 18.0. The molecule has 158 valence electrons. The predicted octanol–water partition coefficient (Wildman–Crippen LogP) is 5.03. The van der Waals surface area contributed by atoms with Gasteiger partial charge < -0.3 is 9.64 Å². The number of ether oxygens (including phenoxy) is 1. The third-order valence-electron chi connectivity index (χ3n) is 5.56. The Bertz CT molecular complexity index is 1060. The largest absolute Gasteiger partial charge is 0.468 e. The van der Waals surface area contributed by atoms with Crippen molar-refractivity contribution in [3.05, 3.63) is 95.5 Å². The minimum Gasteiger partial charge on any atom is -0.468 e. The molecule has 5 nitrogen and oxygen atoms in total. The molecule has 1 heterocycles. The average molecular weight is 434 g/mol. The standard InChI is InChI=1S/C25H24ClN3O2/c1-31-24(30)25(16-19-8-4-2-5-9-19)18-29(22-14-12-20(26)13-15-22)17-23(25)28-27-21-10-6-3-7-11-21/h2-15,27H,16-18H2,1H3. The Kier molecular flexibility index (Phi) is 6.23. The monoisotopic (exact) mass is 433 g/mol. The lowest BCUT2D eigenvalue weighted by Crippen LogP contribution is -2.43. The number of rotatable bonds is 6. The van der Waals surface area contributed by atoms with Gasteiger partial charge in [-0.1, -0.05) is 60.1 Å². The summed E-state index contributed by atoms with van der Waals surface area (Å²) < 4.78 is 5.30. The Balaban J connectivity index is 1.74. The Morgan fingerprint density at radius 3 is 2.32 bits per heavy atom. The molecule has 1 fully saturated rings. The molecule has 3 aromatic rings. The number of anilines is 2. The molecule has 6 heteroatoms. The van der Waals surface area contributed by atoms with Crippen molar-refractivity contribution in [3.8, 4) is 0 Å². The number of methoxy groups -OCH3 is 1. The Hall–Kier alpha value is -3.31. The van der Waals surface area contributed by atoms with Gasteiger partial charge in [-0.2, -0.15) is 5.10 Å². The summed E-state index contributed by atoms with van der Waals surface area (Å²) in [5.74, 6) is -0.290. The quantitative estimate of drug-likeness (QED) is 0.437. The van der Waals surface area contributed by atoms with Crippen LogP contribution < -0.4 is 10.3 Å². The van der Waals surface area contributed by atoms with Crippen molar-refractivity contribution in [3.63, 3.8) is 0 Å². The van der Waals surface area contributed by atoms with Crippen LogP contribution >= 0.6 is 11.6 Å². The average Bonchev–Trinajstić information content (AvgIpc) is 3.18. The van der Waals surface area contributed by atoms with Crippen LogP contribution in [0.2, 0.25) is 5.02 Å². The number of esters is 1. The van der Waals surface area contributed by atoms with Crippen LogP contribution in [-0.2, 0) is 16.0 Å². The first-order valence-corrected chi connectivity index (χ1v) is 10.5. The van der Waals surface area contributed by atoms with Gasteiger partial charge in [0.05, 0.1) is 25.1 Å². The predicted molar refractivity (Wildman–Crippen MR) is 126 cm³/mol. The fraction of sp³-hybridized carbons (Fsp3) is 0.200. The van der Waals surface area contributed by atoms with E-state index in [4.69, 9.17) is 21.4 Å². The van der Waals surface area contributed by atoms with Crippen molar-refractivity contribution in [1.82, 2.24) is 0 Å². The van der Waals surface area contributed by atoms with Gasteiger partial charge in [-0.25, -0.2) is 0 Å². The molecule has 3 aromatic carbocycles. The minimum atomic E-state index is -0.905. The Morgan fingerprint density at radius 1 is 1.03 bits per heavy atom. The molecule has 31 heavy (non-hydrogen) atoms. The van der Waals surface area contributed by atoms with E-state index in [9.17, 15) is 4.79 Å². The first-order valence-electron chi connectivity index (χ1n) is 10.1. The van der Waals surface area contributed by atoms with Crippen molar-refractivity contribution in [2.75, 3.05) is 30.5 Å². The highest BCUT2D eigenvalue weighted by Gasteiger charge is 2.51. The van der Waals surface area contributed by atoms with E-state index in [1.807, 2.05) is 84.9 Å². The highest BCUT2D eigenvalue weighted by molar-refractivity contribution is 6.30. The lowest BCUT2D eigenvalue weighted by molar-refractivity contribution is -0.147. The second kappa shape index (κ2) is 9.23. The van der Waals surface area contributed by atoms with E-state index in [0.717, 1.165) is 22.6 Å². The fourth-order valence-corrected chi connectivity index (χ4v) is 4.10. The van der Waals surface area contributed by atoms with Gasteiger partial charge in [0, 0.05) is 17.3 Å². The van der Waals surface area contributed by atoms with E-state index < -0.39 is 5.41 Å². The van der Waals surface area contributed by atoms with Gasteiger partial charge in [0.15, 0.2) is 0 Å². The number of hydrogen-bond donors (Lipinski definition) is 1. The van der Waals surface area contributed by atoms with Crippen molar-refractivity contribution in [1.29, 1.82) is 0 Å². The van der Waals surface area contributed by atoms with Gasteiger partial charge in [0.2, 0.25) is 0 Å². The van der Waals surface area contributed by atoms with Crippen LogP contribution in [0.5, 0.6) is 0 Å². The summed E-state index contributed by atoms with van der Waals surface area (Å²) in [5.41, 5.74) is 5.85. The number of carbonyl (C=O) groups excluding carboxylic acids is 1. The van der Waals surface area contributed by atoms with Crippen LogP contribution in [-0.4, -0.2) is 31.9 Å². The molecule has 1 aliphatic heterocycles. The van der Waals surface area contributed by atoms with Gasteiger partial charge >= 0.3 is 5.97 Å². The molecule has 1 aliphatic rings. The number of hydrazone groups is 1. The molecule has 0 spiro atoms. The number of halogens is 1. The van der Waals surface area contributed by atoms with Crippen LogP contribution in [0.4, 0.5) is 11.4 Å². The maximum Gasteiger partial charge on any atom is 0.319 e. The molecule has 0 aliphatic carbocycles. The lowest BCUT2D eigenvalue weighted by Gasteiger charge is -2.27. The highest BCUT2D eigenvalue weighted by atomic mass is 35.5. The summed E-state index contributed by atoms with van der Waals surface area (Å²) in [4.78, 5) is 15.4. The Morgan fingerprint density at radius 2 is 1.68 bits per heavy atom. The first kappa shape index (κ1) is 20.9. The molecule has 4 rings (SSSR count). The molecule has 0 aromatic heterocycles. The molecule has 1 saturated heterocycles. The van der Waals surface area contributed by atoms with Crippen LogP contribution in [0.15, 0.2) is 90.0 Å². The zero-order chi connectivity index (χ0) is 21.7. The third-order valence-corrected chi connectivity index (χ3v) is 5.82. The molecular formula is C25H24ClN3O2. The van der Waals surface area contributed by atoms with Gasteiger partial charge in [-0.3, -0.25) is 10.2 Å². The van der Waals surface area contributed by atoms with Crippen molar-refractivity contribution < 1.29 is 9.53 Å². The molecule has 0 amide bonds. The normalized spacial score (nSPS) is 19.4. The maximum atomic E-state index is 13.2. The molecule has 1 N–H and O–H groups in total. The van der Waals surface area contributed by atoms with Crippen molar-refractivity contribution in [2.45, 2.75) is 6.42 Å². The van der Waals surface area contributed by atoms with Gasteiger partial charge in [-0.05, 0) is 48.4 Å². The van der Waals surface area contributed by atoms with Gasteiger partial charge in [0.25, 0.3) is 0 Å². The van der Waals surface area contributed by atoms with E-state index in [1.165, 1.54) is 7.11 Å². The van der Waals surface area contributed by atoms with E-state index in [0.29, 0.717) is 24.5 Å². The fourth-order valence-electron chi connectivity index (χ4n) is 3.98. The van der Waals surface area contributed by atoms with Gasteiger partial charge in [0.1, 0.15) is 5.41 Å². The van der Waals surface area contributed by atoms with Crippen LogP contribution in [0.1, 0.15) is 5.56 Å². The number of hydrogen-bond acceptors (Lipinski definition) is 5. The summed E-state index contributed by atoms with van der Waals surface area (Å²) in [7, 11) is 1.43. The Labute approximate surface area is 187 Å². The molecule has 0 radical (unpaired) electrons. The van der Waals surface area contributed by atoms with Crippen LogP contribution in [0.25, 0.3) is 0 Å². The van der Waals surface area contributed by atoms with Crippen molar-refractivity contribution in [2.24, 2.45) is 10.5 Å². The first-order chi connectivity index (χ1) is 15.1. The lowest BCUT2D eigenvalue weighted by atomic mass is 9.79. The van der Waals surface area contributed by atoms with Crippen LogP contribution in [0, 0.1) is 5.41 Å². The molecule has 0 saturated carbocycles. The molecule has 0 bridgehead atoms. The number of nitrogens with zero attached hydrogens (tertiary/aromatic N) is 2. The minimum absolute atomic E-state index is 0.290. The van der Waals surface area contributed by atoms with Crippen molar-refractivity contribution >= 4 is 34.7 Å². The SMILES string of the molecule is COC(=O)C1(Cc2ccccc2)CN(c2ccc(Cl)cc2)CC1=NNc1ccccc1. The second-order valence-corrected chi connectivity index (χ2v) is 8.04. The number of para-hydroxylation sites is 1. The molecule has 1 unspecified atom stereocenters. The van der Waals surface area contributed by atoms with E-state index in [-0.39, 0.29) is 5.97 Å². The highest BCUT2D eigenvalue weighted by Crippen LogP contribution is 2.37. The number of carbonyl (C=O) groups is 1. The maximum absolute atomic E-state index is 13.2. The molecular weight excluding hydrogens is 410 g/mol. The van der Waals surface area contributed by atoms with E-state index in [2.05, 4.69) is 10.3 Å². The number of benzene rings is 3. The summed E-state index contributed by atoms with van der Waals surface area (Å²) in [6.07, 6.45) is 0.500. The molecule has 1 atom stereocenters. The van der Waals surface area contributed by atoms with E-state index >= 15 is 0 Å². The smallest absolute Gasteiger partial charge is 0.319 e. The summed E-state index contributed by atoms with van der Waals surface area (Å²) in [6, 6.07) is 27.3. The van der Waals surface area contributed by atoms with Gasteiger partial charge in [-0.15, -0.1) is 0 Å². The summed E-state index contributed by atoms with van der Waals surface area (Å²) >= 11 is 6.07. The summed E-state index contributed by atoms with van der Waals surface area (Å²) in [5, 5.41) is 5.38. The third kappa shape index (κ3) is 4.57. The zero-order valence-electron chi connectivity index (χ0n) is 17.3. The van der Waals surface area contributed by atoms with E-state index in [1.54, 1.807) is 0 Å². The second-order valence-electron chi connectivity index (χ2n) is 7.60. The summed E-state index contributed by atoms with van der Waals surface area (Å²) in [6.45, 7) is 0.967.